The minimum Gasteiger partial charge on any atom is -0.445 e. The molecule has 2 unspecified atom stereocenters. The fourth-order valence-corrected chi connectivity index (χ4v) is 8.44. The zero-order chi connectivity index (χ0) is 33.2. The van der Waals surface area contributed by atoms with Gasteiger partial charge in [-0.1, -0.05) is 101 Å². The first-order chi connectivity index (χ1) is 22.5. The normalized spacial score (nSPS) is 28.5. The number of likely N-dealkylation sites (tertiary alicyclic amines) is 1. The van der Waals surface area contributed by atoms with Crippen LogP contribution in [-0.4, -0.2) is 47.9 Å². The molecule has 2 heterocycles. The lowest BCUT2D eigenvalue weighted by Crippen LogP contribution is -2.46. The van der Waals surface area contributed by atoms with E-state index >= 15 is 0 Å². The Morgan fingerprint density at radius 2 is 1.74 bits per heavy atom. The summed E-state index contributed by atoms with van der Waals surface area (Å²) in [5, 5.41) is 12.4. The van der Waals surface area contributed by atoms with Crippen molar-refractivity contribution < 1.29 is 24.1 Å². The average Bonchev–Trinajstić information content (AvgIpc) is 3.30. The van der Waals surface area contributed by atoms with Crippen LogP contribution in [0.25, 0.3) is 11.1 Å². The Bertz CT molecular complexity index is 1550. The van der Waals surface area contributed by atoms with Crippen molar-refractivity contribution in [1.82, 2.24) is 10.2 Å². The molecule has 47 heavy (non-hydrogen) atoms. The fourth-order valence-electron chi connectivity index (χ4n) is 8.44. The minimum absolute atomic E-state index is 0.0127. The Labute approximate surface area is 279 Å². The van der Waals surface area contributed by atoms with E-state index in [0.717, 1.165) is 46.5 Å². The third-order valence-electron chi connectivity index (χ3n) is 10.2. The molecule has 0 radical (unpaired) electrons. The summed E-state index contributed by atoms with van der Waals surface area (Å²) >= 11 is 0. The van der Waals surface area contributed by atoms with Crippen molar-refractivity contribution in [2.24, 2.45) is 16.7 Å². The third kappa shape index (κ3) is 7.81. The van der Waals surface area contributed by atoms with E-state index in [9.17, 15) is 9.90 Å². The van der Waals surface area contributed by atoms with E-state index in [-0.39, 0.29) is 31.3 Å². The van der Waals surface area contributed by atoms with Crippen LogP contribution in [0.2, 0.25) is 0 Å². The number of fused-ring (bicyclic) bond motifs is 2. The second kappa shape index (κ2) is 13.9. The molecule has 3 aromatic carbocycles. The van der Waals surface area contributed by atoms with Gasteiger partial charge in [0.15, 0.2) is 6.29 Å². The fraction of sp³-hybridized carbons (Fsp3) is 0.475. The van der Waals surface area contributed by atoms with E-state index in [2.05, 4.69) is 93.0 Å². The summed E-state index contributed by atoms with van der Waals surface area (Å²) in [6.07, 6.45) is 4.13. The summed E-state index contributed by atoms with van der Waals surface area (Å²) in [7, 11) is 0. The Hall–Kier alpha value is -3.49. The maximum absolute atomic E-state index is 11.9. The Balaban J connectivity index is 1.24. The van der Waals surface area contributed by atoms with Gasteiger partial charge in [0, 0.05) is 37.2 Å². The molecule has 2 aliphatic heterocycles. The first-order valence-corrected chi connectivity index (χ1v) is 17.0. The Kier molecular flexibility index (Phi) is 9.90. The van der Waals surface area contributed by atoms with Gasteiger partial charge in [0.2, 0.25) is 0 Å². The van der Waals surface area contributed by atoms with Crippen molar-refractivity contribution in [2.45, 2.75) is 84.6 Å². The molecular weight excluding hydrogens is 588 g/mol. The number of hydrogen-bond donors (Lipinski definition) is 2. The maximum Gasteiger partial charge on any atom is 0.407 e. The summed E-state index contributed by atoms with van der Waals surface area (Å²) < 4.78 is 18.8. The summed E-state index contributed by atoms with van der Waals surface area (Å²) in [4.78, 5) is 14.6. The molecule has 7 heteroatoms. The number of carbonyl (C=O) groups excluding carboxylic acids is 1. The van der Waals surface area contributed by atoms with Crippen molar-refractivity contribution in [2.75, 3.05) is 19.7 Å². The van der Waals surface area contributed by atoms with Gasteiger partial charge in [-0.25, -0.2) is 4.79 Å². The molecule has 2 N–H and O–H groups in total. The first-order valence-electron chi connectivity index (χ1n) is 17.0. The quantitative estimate of drug-likeness (QED) is 0.220. The van der Waals surface area contributed by atoms with E-state index in [1.165, 1.54) is 19.3 Å². The molecule has 1 saturated carbocycles. The van der Waals surface area contributed by atoms with Crippen molar-refractivity contribution in [3.8, 4) is 11.1 Å². The highest BCUT2D eigenvalue weighted by Crippen LogP contribution is 2.53. The molecule has 7 nitrogen and oxygen atoms in total. The molecule has 250 valence electrons. The van der Waals surface area contributed by atoms with E-state index in [1.54, 1.807) is 6.08 Å². The van der Waals surface area contributed by atoms with Crippen molar-refractivity contribution in [1.29, 1.82) is 0 Å². The summed E-state index contributed by atoms with van der Waals surface area (Å²) in [6.45, 7) is 15.7. The Morgan fingerprint density at radius 3 is 2.49 bits per heavy atom. The van der Waals surface area contributed by atoms with Crippen LogP contribution in [0.15, 0.2) is 85.5 Å². The minimum atomic E-state index is -0.530. The molecule has 6 atom stereocenters. The van der Waals surface area contributed by atoms with Gasteiger partial charge in [-0.15, -0.1) is 0 Å². The smallest absolute Gasteiger partial charge is 0.407 e. The van der Waals surface area contributed by atoms with Crippen LogP contribution in [0.3, 0.4) is 0 Å². The van der Waals surface area contributed by atoms with Crippen LogP contribution >= 0.6 is 0 Å². The number of ether oxygens (including phenoxy) is 3. The molecular formula is C40H50N2O5. The number of alkyl carbamates (subject to hydrolysis) is 1. The van der Waals surface area contributed by atoms with Gasteiger partial charge < -0.3 is 24.6 Å². The zero-order valence-corrected chi connectivity index (χ0v) is 28.3. The molecule has 2 saturated heterocycles. The highest BCUT2D eigenvalue weighted by molar-refractivity contribution is 5.68. The van der Waals surface area contributed by atoms with Crippen molar-refractivity contribution in [3.05, 3.63) is 108 Å². The van der Waals surface area contributed by atoms with Crippen LogP contribution in [0.4, 0.5) is 4.79 Å². The number of aliphatic hydroxyl groups is 1. The number of amides is 1. The monoisotopic (exact) mass is 638 g/mol. The van der Waals surface area contributed by atoms with Crippen molar-refractivity contribution >= 4 is 6.09 Å². The van der Waals surface area contributed by atoms with Crippen LogP contribution in [0.5, 0.6) is 0 Å². The van der Waals surface area contributed by atoms with E-state index in [4.69, 9.17) is 14.2 Å². The summed E-state index contributed by atoms with van der Waals surface area (Å²) in [5.74, 6) is 0.137. The second-order valence-electron chi connectivity index (χ2n) is 15.0. The SMILES string of the molecule is C=CCOC(=O)NCc1cccc(-c2cccc([C@@H]3O[C@H](CN4CC5(C)CC4CC(C)(C)C5)[C@H](C)[C@H](c4ccc(CO)cc4)O3)c2)c1. The van der Waals surface area contributed by atoms with Gasteiger partial charge >= 0.3 is 6.09 Å². The molecule has 3 fully saturated rings. The van der Waals surface area contributed by atoms with Crippen LogP contribution in [0, 0.1) is 16.7 Å². The second-order valence-corrected chi connectivity index (χ2v) is 15.0. The number of aliphatic hydroxyl groups excluding tert-OH is 1. The maximum atomic E-state index is 11.9. The standard InChI is InChI=1S/C40H50N2O5/c1-6-17-45-38(44)41-22-29-9-7-10-31(18-29)32-11-8-12-33(19-32)37-46-35(23-42-26-40(5)21-34(42)20-39(3,4)25-40)27(2)36(47-37)30-15-13-28(24-43)14-16-30/h6-16,18-19,27,34-37,43H,1,17,20-26H2,2-5H3,(H,41,44)/t27-,34?,35+,36+,37+,40?/m0/s1. The lowest BCUT2D eigenvalue weighted by Gasteiger charge is -2.43. The van der Waals surface area contributed by atoms with E-state index in [1.807, 2.05) is 24.3 Å². The molecule has 3 aliphatic rings. The topological polar surface area (TPSA) is 80.3 Å². The van der Waals surface area contributed by atoms with Gasteiger partial charge in [-0.05, 0) is 70.0 Å². The zero-order valence-electron chi connectivity index (χ0n) is 28.3. The van der Waals surface area contributed by atoms with Crippen molar-refractivity contribution in [3.63, 3.8) is 0 Å². The lowest BCUT2D eigenvalue weighted by atomic mass is 9.65. The summed E-state index contributed by atoms with van der Waals surface area (Å²) in [6, 6.07) is 25.3. The molecule has 1 aliphatic carbocycles. The molecule has 6 rings (SSSR count). The van der Waals surface area contributed by atoms with Gasteiger partial charge in [0.1, 0.15) is 6.61 Å². The lowest BCUT2D eigenvalue weighted by molar-refractivity contribution is -0.276. The number of nitrogens with one attached hydrogen (secondary N) is 1. The number of rotatable bonds is 10. The number of carbonyl (C=O) groups is 1. The molecule has 0 aromatic heterocycles. The first kappa shape index (κ1) is 33.4. The highest BCUT2D eigenvalue weighted by Gasteiger charge is 2.51. The highest BCUT2D eigenvalue weighted by atomic mass is 16.7. The van der Waals surface area contributed by atoms with Gasteiger partial charge in [-0.3, -0.25) is 4.90 Å². The molecule has 3 aromatic rings. The number of benzene rings is 3. The predicted octanol–water partition coefficient (Wildman–Crippen LogP) is 7.95. The number of nitrogens with zero attached hydrogens (tertiary/aromatic N) is 1. The Morgan fingerprint density at radius 1 is 1.00 bits per heavy atom. The van der Waals surface area contributed by atoms with Gasteiger partial charge in [0.05, 0.1) is 18.8 Å². The summed E-state index contributed by atoms with van der Waals surface area (Å²) in [5.41, 5.74) is 6.74. The van der Waals surface area contributed by atoms with E-state index < -0.39 is 12.4 Å². The third-order valence-corrected chi connectivity index (χ3v) is 10.2. The molecule has 0 spiro atoms. The van der Waals surface area contributed by atoms with Gasteiger partial charge in [0.25, 0.3) is 0 Å². The largest absolute Gasteiger partial charge is 0.445 e. The van der Waals surface area contributed by atoms with Crippen LogP contribution in [-0.2, 0) is 27.4 Å². The van der Waals surface area contributed by atoms with Crippen LogP contribution in [0.1, 0.15) is 81.6 Å². The predicted molar refractivity (Wildman–Crippen MR) is 184 cm³/mol. The van der Waals surface area contributed by atoms with E-state index in [0.29, 0.717) is 23.4 Å². The molecule has 1 amide bonds. The van der Waals surface area contributed by atoms with Crippen LogP contribution < -0.4 is 5.32 Å². The average molecular weight is 639 g/mol. The number of hydrogen-bond acceptors (Lipinski definition) is 6. The molecule has 2 bridgehead atoms. The van der Waals surface area contributed by atoms with Gasteiger partial charge in [-0.2, -0.15) is 0 Å².